The summed E-state index contributed by atoms with van der Waals surface area (Å²) in [5, 5.41) is 12.5. The molecule has 0 spiro atoms. The van der Waals surface area contributed by atoms with Crippen LogP contribution in [0.15, 0.2) is 53.5 Å². The van der Waals surface area contributed by atoms with Crippen molar-refractivity contribution in [2.24, 2.45) is 0 Å². The van der Waals surface area contributed by atoms with Crippen LogP contribution in [-0.2, 0) is 12.7 Å². The molecule has 0 bridgehead atoms. The van der Waals surface area contributed by atoms with E-state index in [1.54, 1.807) is 32.0 Å². The smallest absolute Gasteiger partial charge is 0.409 e. The second-order valence-electron chi connectivity index (χ2n) is 7.17. The summed E-state index contributed by atoms with van der Waals surface area (Å²) in [5.41, 5.74) is -0.275. The predicted octanol–water partition coefficient (Wildman–Crippen LogP) is 4.17. The average molecular weight is 434 g/mol. The molecule has 1 amide bonds. The normalized spacial score (nSPS) is 12.6. The van der Waals surface area contributed by atoms with Gasteiger partial charge in [0.25, 0.3) is 5.56 Å². The average Bonchev–Trinajstić information content (AvgIpc) is 2.73. The van der Waals surface area contributed by atoms with Gasteiger partial charge < -0.3 is 19.7 Å². The van der Waals surface area contributed by atoms with Gasteiger partial charge in [-0.1, -0.05) is 18.2 Å². The maximum absolute atomic E-state index is 12.8. The minimum atomic E-state index is -4.48. The highest BCUT2D eigenvalue weighted by Crippen LogP contribution is 2.30. The van der Waals surface area contributed by atoms with Gasteiger partial charge in [0.05, 0.1) is 23.6 Å². The standard InChI is InChI=1S/C22H21F3N2O4/c1-13-6-7-18-17(8-9-27(20(18)29)14(2)12-28)19(13)31-21(30)26-11-15-4-3-5-16(10-15)22(23,24)25/h3-10,14,28H,11-12H2,1-2H3,(H,26,30)/t14-/m1/s1. The molecule has 3 aromatic rings. The lowest BCUT2D eigenvalue weighted by Crippen LogP contribution is -2.27. The van der Waals surface area contributed by atoms with Gasteiger partial charge in [-0.05, 0) is 49.2 Å². The molecule has 6 nitrogen and oxygen atoms in total. The zero-order valence-corrected chi connectivity index (χ0v) is 16.9. The van der Waals surface area contributed by atoms with E-state index in [9.17, 15) is 27.9 Å². The van der Waals surface area contributed by atoms with Crippen LogP contribution < -0.4 is 15.6 Å². The van der Waals surface area contributed by atoms with Crippen LogP contribution in [0.2, 0.25) is 0 Å². The third kappa shape index (κ3) is 4.88. The fourth-order valence-corrected chi connectivity index (χ4v) is 3.15. The van der Waals surface area contributed by atoms with E-state index < -0.39 is 23.9 Å². The van der Waals surface area contributed by atoms with Crippen molar-refractivity contribution in [2.45, 2.75) is 32.6 Å². The summed E-state index contributed by atoms with van der Waals surface area (Å²) in [6.45, 7) is 3.03. The van der Waals surface area contributed by atoms with Crippen LogP contribution in [0.1, 0.15) is 29.7 Å². The summed E-state index contributed by atoms with van der Waals surface area (Å²) in [6, 6.07) is 9.07. The summed E-state index contributed by atoms with van der Waals surface area (Å²) in [4.78, 5) is 25.0. The number of aryl methyl sites for hydroxylation is 1. The summed E-state index contributed by atoms with van der Waals surface area (Å²) < 4.78 is 45.3. The van der Waals surface area contributed by atoms with E-state index in [1.807, 2.05) is 0 Å². The molecule has 0 radical (unpaired) electrons. The number of hydrogen-bond acceptors (Lipinski definition) is 4. The first-order valence-corrected chi connectivity index (χ1v) is 9.49. The number of benzene rings is 2. The highest BCUT2D eigenvalue weighted by molar-refractivity contribution is 5.90. The van der Waals surface area contributed by atoms with Crippen LogP contribution in [0.5, 0.6) is 5.75 Å². The molecule has 164 valence electrons. The first kappa shape index (κ1) is 22.4. The van der Waals surface area contributed by atoms with Crippen molar-refractivity contribution < 1.29 is 27.8 Å². The van der Waals surface area contributed by atoms with Crippen LogP contribution in [0.4, 0.5) is 18.0 Å². The van der Waals surface area contributed by atoms with E-state index in [1.165, 1.54) is 22.9 Å². The minimum Gasteiger partial charge on any atom is -0.409 e. The molecule has 0 fully saturated rings. The Morgan fingerprint density at radius 1 is 1.19 bits per heavy atom. The Hall–Kier alpha value is -3.33. The molecule has 31 heavy (non-hydrogen) atoms. The molecule has 2 aromatic carbocycles. The molecule has 0 aliphatic rings. The minimum absolute atomic E-state index is 0.159. The molecule has 0 aliphatic heterocycles. The molecule has 1 heterocycles. The number of hydrogen-bond donors (Lipinski definition) is 2. The fraction of sp³-hybridized carbons (Fsp3) is 0.273. The summed E-state index contributed by atoms with van der Waals surface area (Å²) in [5.74, 6) is 0.181. The van der Waals surface area contributed by atoms with Crippen LogP contribution >= 0.6 is 0 Å². The zero-order valence-electron chi connectivity index (χ0n) is 16.9. The van der Waals surface area contributed by atoms with Crippen LogP contribution in [0.3, 0.4) is 0 Å². The number of carbonyl (C=O) groups excluding carboxylic acids is 1. The van der Waals surface area contributed by atoms with Gasteiger partial charge in [-0.3, -0.25) is 4.79 Å². The van der Waals surface area contributed by atoms with E-state index in [2.05, 4.69) is 5.32 Å². The van der Waals surface area contributed by atoms with E-state index in [4.69, 9.17) is 4.74 Å². The predicted molar refractivity (Wildman–Crippen MR) is 109 cm³/mol. The highest BCUT2D eigenvalue weighted by atomic mass is 19.4. The first-order chi connectivity index (χ1) is 14.6. The summed E-state index contributed by atoms with van der Waals surface area (Å²) >= 11 is 0. The second kappa shape index (κ2) is 8.81. The van der Waals surface area contributed by atoms with Crippen LogP contribution in [-0.4, -0.2) is 22.4 Å². The molecule has 1 atom stereocenters. The van der Waals surface area contributed by atoms with Crippen molar-refractivity contribution in [3.8, 4) is 5.75 Å². The number of alkyl halides is 3. The lowest BCUT2D eigenvalue weighted by atomic mass is 10.1. The van der Waals surface area contributed by atoms with Crippen molar-refractivity contribution in [1.82, 2.24) is 9.88 Å². The van der Waals surface area contributed by atoms with Gasteiger partial charge >= 0.3 is 12.3 Å². The molecule has 0 unspecified atom stereocenters. The van der Waals surface area contributed by atoms with Gasteiger partial charge in [-0.2, -0.15) is 13.2 Å². The summed E-state index contributed by atoms with van der Waals surface area (Å²) in [6.07, 6.45) is -3.82. The lowest BCUT2D eigenvalue weighted by molar-refractivity contribution is -0.137. The van der Waals surface area contributed by atoms with Crippen molar-refractivity contribution in [3.05, 3.63) is 75.7 Å². The van der Waals surface area contributed by atoms with Gasteiger partial charge in [0.15, 0.2) is 0 Å². The molecule has 2 N–H and O–H groups in total. The third-order valence-electron chi connectivity index (χ3n) is 4.88. The van der Waals surface area contributed by atoms with Gasteiger partial charge in [0, 0.05) is 18.1 Å². The Bertz CT molecular complexity index is 1170. The van der Waals surface area contributed by atoms with Crippen molar-refractivity contribution in [3.63, 3.8) is 0 Å². The SMILES string of the molecule is Cc1ccc2c(=O)n([C@H](C)CO)ccc2c1OC(=O)NCc1cccc(C(F)(F)F)c1. The number of rotatable bonds is 5. The number of carbonyl (C=O) groups is 1. The number of fused-ring (bicyclic) bond motifs is 1. The Morgan fingerprint density at radius 3 is 2.61 bits per heavy atom. The highest BCUT2D eigenvalue weighted by Gasteiger charge is 2.30. The lowest BCUT2D eigenvalue weighted by Gasteiger charge is -2.16. The Kier molecular flexibility index (Phi) is 6.35. The van der Waals surface area contributed by atoms with Crippen molar-refractivity contribution in [2.75, 3.05) is 6.61 Å². The number of pyridine rings is 1. The van der Waals surface area contributed by atoms with Gasteiger partial charge in [-0.15, -0.1) is 0 Å². The molecule has 3 rings (SSSR count). The molecule has 0 saturated heterocycles. The Morgan fingerprint density at radius 2 is 1.94 bits per heavy atom. The number of nitrogens with one attached hydrogen (secondary N) is 1. The number of aromatic nitrogens is 1. The number of halogens is 3. The zero-order chi connectivity index (χ0) is 22.8. The monoisotopic (exact) mass is 434 g/mol. The molecule has 9 heteroatoms. The Labute approximate surface area is 175 Å². The molecule has 0 aliphatic carbocycles. The first-order valence-electron chi connectivity index (χ1n) is 9.49. The number of aliphatic hydroxyl groups excluding tert-OH is 1. The number of amides is 1. The quantitative estimate of drug-likeness (QED) is 0.632. The van der Waals surface area contributed by atoms with Gasteiger partial charge in [0.2, 0.25) is 0 Å². The molecular formula is C22H21F3N2O4. The molecular weight excluding hydrogens is 413 g/mol. The number of nitrogens with zero attached hydrogens (tertiary/aromatic N) is 1. The topological polar surface area (TPSA) is 80.6 Å². The van der Waals surface area contributed by atoms with Crippen molar-refractivity contribution >= 4 is 16.9 Å². The maximum atomic E-state index is 12.8. The third-order valence-corrected chi connectivity index (χ3v) is 4.88. The largest absolute Gasteiger partial charge is 0.416 e. The summed E-state index contributed by atoms with van der Waals surface area (Å²) in [7, 11) is 0. The van der Waals surface area contributed by atoms with Crippen molar-refractivity contribution in [1.29, 1.82) is 0 Å². The second-order valence-corrected chi connectivity index (χ2v) is 7.17. The molecule has 0 saturated carbocycles. The van der Waals surface area contributed by atoms with E-state index in [0.717, 1.165) is 12.1 Å². The molecule has 1 aromatic heterocycles. The van der Waals surface area contributed by atoms with Crippen LogP contribution in [0, 0.1) is 6.92 Å². The van der Waals surface area contributed by atoms with E-state index in [-0.39, 0.29) is 30.0 Å². The van der Waals surface area contributed by atoms with Gasteiger partial charge in [-0.25, -0.2) is 4.79 Å². The van der Waals surface area contributed by atoms with Crippen LogP contribution in [0.25, 0.3) is 10.8 Å². The van der Waals surface area contributed by atoms with E-state index in [0.29, 0.717) is 16.3 Å². The Balaban J connectivity index is 1.81. The van der Waals surface area contributed by atoms with Gasteiger partial charge in [0.1, 0.15) is 5.75 Å². The maximum Gasteiger partial charge on any atom is 0.416 e. The number of ether oxygens (including phenoxy) is 1. The number of aliphatic hydroxyl groups is 1. The van der Waals surface area contributed by atoms with E-state index >= 15 is 0 Å². The fourth-order valence-electron chi connectivity index (χ4n) is 3.15.